The Balaban J connectivity index is 1.61. The van der Waals surface area contributed by atoms with Gasteiger partial charge in [0.15, 0.2) is 0 Å². The van der Waals surface area contributed by atoms with E-state index < -0.39 is 0 Å². The summed E-state index contributed by atoms with van der Waals surface area (Å²) in [5.41, 5.74) is 0. The maximum absolute atomic E-state index is 6.05. The molecule has 0 bridgehead atoms. The fraction of sp³-hybridized carbons (Fsp3) is 0.625. The number of hydrogen-bond donors (Lipinski definition) is 0. The molecule has 2 saturated heterocycles. The van der Waals surface area contributed by atoms with E-state index in [1.807, 2.05) is 24.3 Å². The maximum Gasteiger partial charge on any atom is 0.133 e. The van der Waals surface area contributed by atoms with E-state index in [-0.39, 0.29) is 0 Å². The highest BCUT2D eigenvalue weighted by molar-refractivity contribution is 9.10. The summed E-state index contributed by atoms with van der Waals surface area (Å²) in [7, 11) is 0. The van der Waals surface area contributed by atoms with Crippen LogP contribution in [-0.4, -0.2) is 30.6 Å². The molecule has 19 heavy (non-hydrogen) atoms. The van der Waals surface area contributed by atoms with Crippen molar-refractivity contribution in [1.29, 1.82) is 0 Å². The minimum absolute atomic E-state index is 0.709. The average molecular weight is 324 g/mol. The lowest BCUT2D eigenvalue weighted by Gasteiger charge is -2.44. The fourth-order valence-electron chi connectivity index (χ4n) is 3.53. The Labute approximate surface area is 124 Å². The molecule has 0 saturated carbocycles. The molecule has 0 aromatic heterocycles. The summed E-state index contributed by atoms with van der Waals surface area (Å²) < 4.78 is 7.11. The molecule has 2 atom stereocenters. The molecule has 2 aliphatic rings. The van der Waals surface area contributed by atoms with Gasteiger partial charge >= 0.3 is 0 Å². The normalized spacial score (nSPS) is 27.8. The number of halogens is 1. The minimum Gasteiger partial charge on any atom is -0.492 e. The zero-order valence-corrected chi connectivity index (χ0v) is 12.9. The third kappa shape index (κ3) is 3.14. The molecule has 0 aliphatic carbocycles. The third-order valence-corrected chi connectivity index (χ3v) is 5.17. The van der Waals surface area contributed by atoms with Crippen molar-refractivity contribution in [2.75, 3.05) is 19.7 Å². The van der Waals surface area contributed by atoms with Crippen molar-refractivity contribution < 1.29 is 4.74 Å². The van der Waals surface area contributed by atoms with Crippen molar-refractivity contribution in [1.82, 2.24) is 4.90 Å². The first-order valence-corrected chi connectivity index (χ1v) is 8.25. The van der Waals surface area contributed by atoms with Gasteiger partial charge in [-0.25, -0.2) is 0 Å². The van der Waals surface area contributed by atoms with Crippen molar-refractivity contribution in [2.24, 2.45) is 5.92 Å². The summed E-state index contributed by atoms with van der Waals surface area (Å²) in [6.45, 7) is 3.47. The molecule has 2 unspecified atom stereocenters. The predicted molar refractivity (Wildman–Crippen MR) is 81.6 cm³/mol. The van der Waals surface area contributed by atoms with Crippen molar-refractivity contribution in [3.05, 3.63) is 28.7 Å². The molecule has 104 valence electrons. The lowest BCUT2D eigenvalue weighted by molar-refractivity contribution is 0.0364. The molecule has 0 spiro atoms. The molecule has 1 aromatic rings. The van der Waals surface area contributed by atoms with Gasteiger partial charge in [-0.2, -0.15) is 0 Å². The van der Waals surface area contributed by atoms with E-state index in [0.29, 0.717) is 5.92 Å². The van der Waals surface area contributed by atoms with Crippen LogP contribution in [-0.2, 0) is 0 Å². The van der Waals surface area contributed by atoms with Crippen LogP contribution in [0.5, 0.6) is 5.75 Å². The van der Waals surface area contributed by atoms with Crippen molar-refractivity contribution in [3.8, 4) is 5.75 Å². The smallest absolute Gasteiger partial charge is 0.133 e. The van der Waals surface area contributed by atoms with E-state index in [1.165, 1.54) is 45.2 Å². The lowest BCUT2D eigenvalue weighted by atomic mass is 9.84. The van der Waals surface area contributed by atoms with Gasteiger partial charge in [0.25, 0.3) is 0 Å². The number of hydrogen-bond acceptors (Lipinski definition) is 2. The van der Waals surface area contributed by atoms with Gasteiger partial charge in [0.05, 0.1) is 11.1 Å². The average Bonchev–Trinajstić information content (AvgIpc) is 2.46. The first-order chi connectivity index (χ1) is 9.34. The third-order valence-electron chi connectivity index (χ3n) is 4.52. The van der Waals surface area contributed by atoms with Crippen molar-refractivity contribution >= 4 is 15.9 Å². The summed E-state index contributed by atoms with van der Waals surface area (Å²) in [5.74, 6) is 1.69. The van der Waals surface area contributed by atoms with E-state index in [4.69, 9.17) is 4.74 Å². The van der Waals surface area contributed by atoms with Gasteiger partial charge in [0.2, 0.25) is 0 Å². The maximum atomic E-state index is 6.05. The Morgan fingerprint density at radius 3 is 2.84 bits per heavy atom. The molecule has 3 heteroatoms. The van der Waals surface area contributed by atoms with Crippen LogP contribution in [0.3, 0.4) is 0 Å². The van der Waals surface area contributed by atoms with Gasteiger partial charge < -0.3 is 4.74 Å². The van der Waals surface area contributed by atoms with E-state index in [9.17, 15) is 0 Å². The van der Waals surface area contributed by atoms with Gasteiger partial charge in [0.1, 0.15) is 5.75 Å². The molecule has 2 aliphatic heterocycles. The minimum atomic E-state index is 0.709. The van der Waals surface area contributed by atoms with Gasteiger partial charge in [-0.3, -0.25) is 4.90 Å². The second-order valence-corrected chi connectivity index (χ2v) is 6.60. The Kier molecular flexibility index (Phi) is 4.44. The molecule has 0 amide bonds. The first kappa shape index (κ1) is 13.4. The van der Waals surface area contributed by atoms with E-state index >= 15 is 0 Å². The van der Waals surface area contributed by atoms with Crippen LogP contribution in [0.4, 0.5) is 0 Å². The predicted octanol–water partition coefficient (Wildman–Crippen LogP) is 4.09. The summed E-state index contributed by atoms with van der Waals surface area (Å²) in [4.78, 5) is 2.70. The molecule has 1 aromatic carbocycles. The highest BCUT2D eigenvalue weighted by Gasteiger charge is 2.33. The Morgan fingerprint density at radius 1 is 1.11 bits per heavy atom. The van der Waals surface area contributed by atoms with Crippen LogP contribution in [0, 0.1) is 5.92 Å². The van der Waals surface area contributed by atoms with E-state index in [2.05, 4.69) is 20.8 Å². The molecule has 2 heterocycles. The monoisotopic (exact) mass is 323 g/mol. The van der Waals surface area contributed by atoms with Crippen molar-refractivity contribution in [3.63, 3.8) is 0 Å². The molecule has 2 fully saturated rings. The molecular formula is C16H22BrNO. The first-order valence-electron chi connectivity index (χ1n) is 7.46. The van der Waals surface area contributed by atoms with E-state index in [0.717, 1.165) is 22.9 Å². The zero-order chi connectivity index (χ0) is 13.1. The van der Waals surface area contributed by atoms with Gasteiger partial charge in [-0.05, 0) is 66.8 Å². The Bertz CT molecular complexity index is 421. The van der Waals surface area contributed by atoms with Crippen LogP contribution < -0.4 is 4.74 Å². The standard InChI is InChI=1S/C16H22BrNO/c17-14-7-1-2-9-16(14)19-12-13-6-5-11-18-10-4-3-8-15(13)18/h1-2,7,9,13,15H,3-6,8,10-12H2. The number of rotatable bonds is 3. The number of nitrogens with zero attached hydrogens (tertiary/aromatic N) is 1. The second kappa shape index (κ2) is 6.27. The molecule has 3 rings (SSSR count). The number of piperidine rings is 2. The number of benzene rings is 1. The van der Waals surface area contributed by atoms with Crippen LogP contribution in [0.2, 0.25) is 0 Å². The molecular weight excluding hydrogens is 302 g/mol. The Morgan fingerprint density at radius 2 is 1.95 bits per heavy atom. The summed E-state index contributed by atoms with van der Waals surface area (Å²) in [6, 6.07) is 8.92. The summed E-state index contributed by atoms with van der Waals surface area (Å²) >= 11 is 3.55. The molecule has 2 nitrogen and oxygen atoms in total. The zero-order valence-electron chi connectivity index (χ0n) is 11.4. The number of fused-ring (bicyclic) bond motifs is 1. The van der Waals surface area contributed by atoms with E-state index in [1.54, 1.807) is 0 Å². The van der Waals surface area contributed by atoms with Crippen LogP contribution in [0.25, 0.3) is 0 Å². The molecule has 0 radical (unpaired) electrons. The van der Waals surface area contributed by atoms with Gasteiger partial charge in [-0.1, -0.05) is 18.6 Å². The topological polar surface area (TPSA) is 12.5 Å². The summed E-state index contributed by atoms with van der Waals surface area (Å²) in [5, 5.41) is 0. The number of ether oxygens (including phenoxy) is 1. The van der Waals surface area contributed by atoms with Gasteiger partial charge in [-0.15, -0.1) is 0 Å². The SMILES string of the molecule is Brc1ccccc1OCC1CCCN2CCCCC12. The van der Waals surface area contributed by atoms with Crippen LogP contribution in [0.1, 0.15) is 32.1 Å². The highest BCUT2D eigenvalue weighted by atomic mass is 79.9. The van der Waals surface area contributed by atoms with Crippen molar-refractivity contribution in [2.45, 2.75) is 38.1 Å². The van der Waals surface area contributed by atoms with Crippen LogP contribution >= 0.6 is 15.9 Å². The lowest BCUT2D eigenvalue weighted by Crippen LogP contribution is -2.49. The largest absolute Gasteiger partial charge is 0.492 e. The Hall–Kier alpha value is -0.540. The molecule has 0 N–H and O–H groups in total. The highest BCUT2D eigenvalue weighted by Crippen LogP contribution is 2.32. The van der Waals surface area contributed by atoms with Crippen LogP contribution in [0.15, 0.2) is 28.7 Å². The summed E-state index contributed by atoms with van der Waals surface area (Å²) in [6.07, 6.45) is 6.80. The van der Waals surface area contributed by atoms with Gasteiger partial charge in [0, 0.05) is 12.0 Å². The quantitative estimate of drug-likeness (QED) is 0.830. The fourth-order valence-corrected chi connectivity index (χ4v) is 3.93. The number of para-hydroxylation sites is 1. The second-order valence-electron chi connectivity index (χ2n) is 5.74.